The topological polar surface area (TPSA) is 88.3 Å². The van der Waals surface area contributed by atoms with Gasteiger partial charge in [-0.1, -0.05) is 37.1 Å². The van der Waals surface area contributed by atoms with Crippen molar-refractivity contribution in [1.29, 1.82) is 0 Å². The van der Waals surface area contributed by atoms with E-state index in [1.807, 2.05) is 0 Å². The molecule has 2 heterocycles. The first-order valence-electron chi connectivity index (χ1n) is 9.92. The van der Waals surface area contributed by atoms with Crippen LogP contribution in [0.2, 0.25) is 0 Å². The van der Waals surface area contributed by atoms with Crippen LogP contribution in [0.5, 0.6) is 0 Å². The molecule has 1 aliphatic carbocycles. The third kappa shape index (κ3) is 3.78. The lowest BCUT2D eigenvalue weighted by atomic mass is 9.89. The van der Waals surface area contributed by atoms with E-state index in [0.29, 0.717) is 18.5 Å². The molecular formula is C20H21F3N4O3. The maximum Gasteiger partial charge on any atom is 0.471 e. The van der Waals surface area contributed by atoms with E-state index in [1.54, 1.807) is 24.0 Å². The molecule has 1 aromatic heterocycles. The number of fused-ring (bicyclic) bond motifs is 1. The van der Waals surface area contributed by atoms with Crippen molar-refractivity contribution in [2.45, 2.75) is 63.8 Å². The van der Waals surface area contributed by atoms with E-state index in [-0.39, 0.29) is 35.3 Å². The molecule has 10 heteroatoms. The lowest BCUT2D eigenvalue weighted by Crippen LogP contribution is -2.53. The molecular weight excluding hydrogens is 401 g/mol. The second kappa shape index (κ2) is 7.73. The molecule has 2 atom stereocenters. The summed E-state index contributed by atoms with van der Waals surface area (Å²) in [4.78, 5) is 30.2. The molecule has 4 rings (SSSR count). The Balaban J connectivity index is 1.57. The Kier molecular flexibility index (Phi) is 5.25. The van der Waals surface area contributed by atoms with Gasteiger partial charge in [0.1, 0.15) is 0 Å². The molecule has 1 aromatic carbocycles. The highest BCUT2D eigenvalue weighted by molar-refractivity contribution is 5.99. The number of nitrogens with one attached hydrogen (secondary N) is 1. The third-order valence-electron chi connectivity index (χ3n) is 5.67. The first-order valence-corrected chi connectivity index (χ1v) is 9.92. The fraction of sp³-hybridized carbons (Fsp3) is 0.500. The molecule has 2 aromatic rings. The summed E-state index contributed by atoms with van der Waals surface area (Å²) < 4.78 is 42.5. The minimum absolute atomic E-state index is 0.0454. The van der Waals surface area contributed by atoms with Gasteiger partial charge in [-0.25, -0.2) is 0 Å². The number of nitrogens with zero attached hydrogens (tertiary/aromatic N) is 3. The molecule has 1 saturated carbocycles. The summed E-state index contributed by atoms with van der Waals surface area (Å²) in [7, 11) is 0. The molecule has 1 aliphatic heterocycles. The average molecular weight is 422 g/mol. The quantitative estimate of drug-likeness (QED) is 0.814. The molecule has 0 radical (unpaired) electrons. The Morgan fingerprint density at radius 3 is 2.77 bits per heavy atom. The van der Waals surface area contributed by atoms with Crippen molar-refractivity contribution in [1.82, 2.24) is 20.4 Å². The van der Waals surface area contributed by atoms with Crippen LogP contribution in [0.4, 0.5) is 13.2 Å². The van der Waals surface area contributed by atoms with E-state index in [1.165, 1.54) is 6.07 Å². The summed E-state index contributed by atoms with van der Waals surface area (Å²) in [6.07, 6.45) is -0.786. The summed E-state index contributed by atoms with van der Waals surface area (Å²) in [5, 5.41) is 6.41. The fourth-order valence-electron chi connectivity index (χ4n) is 4.15. The van der Waals surface area contributed by atoms with Gasteiger partial charge >= 0.3 is 12.1 Å². The summed E-state index contributed by atoms with van der Waals surface area (Å²) in [5.41, 5.74) is 1.48. The molecule has 7 nitrogen and oxygen atoms in total. The monoisotopic (exact) mass is 422 g/mol. The summed E-state index contributed by atoms with van der Waals surface area (Å²) in [6, 6.07) is 4.58. The lowest BCUT2D eigenvalue weighted by Gasteiger charge is -2.38. The smallest absolute Gasteiger partial charge is 0.351 e. The number of carbonyl (C=O) groups is 2. The second-order valence-electron chi connectivity index (χ2n) is 7.61. The van der Waals surface area contributed by atoms with Gasteiger partial charge in [0.15, 0.2) is 0 Å². The van der Waals surface area contributed by atoms with Crippen molar-refractivity contribution in [3.05, 3.63) is 35.2 Å². The van der Waals surface area contributed by atoms with Crippen molar-refractivity contribution in [3.8, 4) is 11.4 Å². The van der Waals surface area contributed by atoms with Crippen molar-refractivity contribution in [2.75, 3.05) is 0 Å². The van der Waals surface area contributed by atoms with Gasteiger partial charge in [-0.15, -0.1) is 0 Å². The number of hydrogen-bond donors (Lipinski definition) is 1. The maximum absolute atomic E-state index is 13.1. The number of halogens is 3. The first kappa shape index (κ1) is 20.4. The van der Waals surface area contributed by atoms with Crippen LogP contribution in [0.15, 0.2) is 22.7 Å². The minimum atomic E-state index is -4.73. The van der Waals surface area contributed by atoms with Crippen LogP contribution in [-0.2, 0) is 17.5 Å². The minimum Gasteiger partial charge on any atom is -0.351 e. The lowest BCUT2D eigenvalue weighted by molar-refractivity contribution is -0.159. The van der Waals surface area contributed by atoms with Crippen LogP contribution in [0.3, 0.4) is 0 Å². The van der Waals surface area contributed by atoms with Gasteiger partial charge < -0.3 is 14.7 Å². The Bertz CT molecular complexity index is 972. The number of amides is 2. The number of aromatic nitrogens is 2. The van der Waals surface area contributed by atoms with Gasteiger partial charge in [0.05, 0.1) is 6.04 Å². The molecule has 160 valence electrons. The highest BCUT2D eigenvalue weighted by Crippen LogP contribution is 2.34. The molecule has 2 aliphatic rings. The van der Waals surface area contributed by atoms with Gasteiger partial charge in [0.25, 0.3) is 5.91 Å². The maximum atomic E-state index is 13.1. The Morgan fingerprint density at radius 2 is 2.07 bits per heavy atom. The predicted molar refractivity (Wildman–Crippen MR) is 99.1 cm³/mol. The zero-order valence-corrected chi connectivity index (χ0v) is 16.3. The van der Waals surface area contributed by atoms with E-state index >= 15 is 0 Å². The Morgan fingerprint density at radius 1 is 1.30 bits per heavy atom. The van der Waals surface area contributed by atoms with E-state index in [2.05, 4.69) is 20.0 Å². The van der Waals surface area contributed by atoms with Gasteiger partial charge in [0, 0.05) is 30.1 Å². The van der Waals surface area contributed by atoms with Crippen LogP contribution in [0, 0.1) is 0 Å². The Hall–Kier alpha value is -2.91. The summed E-state index contributed by atoms with van der Waals surface area (Å²) in [5.74, 6) is -1.89. The summed E-state index contributed by atoms with van der Waals surface area (Å²) in [6.45, 7) is 2.19. The molecule has 2 amide bonds. The third-order valence-corrected chi connectivity index (χ3v) is 5.67. The molecule has 1 N–H and O–H groups in total. The summed E-state index contributed by atoms with van der Waals surface area (Å²) >= 11 is 0. The largest absolute Gasteiger partial charge is 0.471 e. The van der Waals surface area contributed by atoms with E-state index < -0.39 is 12.1 Å². The number of carbonyl (C=O) groups excluding carboxylic acids is 2. The number of hydrogen-bond acceptors (Lipinski definition) is 5. The molecule has 0 saturated heterocycles. The first-order chi connectivity index (χ1) is 14.3. The zero-order valence-electron chi connectivity index (χ0n) is 16.3. The molecule has 0 spiro atoms. The molecule has 30 heavy (non-hydrogen) atoms. The van der Waals surface area contributed by atoms with Crippen LogP contribution in [0.1, 0.15) is 60.8 Å². The van der Waals surface area contributed by atoms with Crippen LogP contribution >= 0.6 is 0 Å². The molecule has 1 fully saturated rings. The zero-order chi connectivity index (χ0) is 21.5. The fourth-order valence-corrected chi connectivity index (χ4v) is 4.15. The van der Waals surface area contributed by atoms with Gasteiger partial charge in [-0.2, -0.15) is 18.2 Å². The average Bonchev–Trinajstić information content (AvgIpc) is 3.34. The number of rotatable bonds is 4. The van der Waals surface area contributed by atoms with Crippen LogP contribution < -0.4 is 5.32 Å². The molecule has 0 bridgehead atoms. The molecule has 1 unspecified atom stereocenters. The van der Waals surface area contributed by atoms with Crippen LogP contribution in [-0.4, -0.2) is 38.9 Å². The van der Waals surface area contributed by atoms with E-state index in [4.69, 9.17) is 0 Å². The van der Waals surface area contributed by atoms with Gasteiger partial charge in [0.2, 0.25) is 11.7 Å². The van der Waals surface area contributed by atoms with Crippen molar-refractivity contribution >= 4 is 11.8 Å². The number of alkyl halides is 3. The van der Waals surface area contributed by atoms with Crippen LogP contribution in [0.25, 0.3) is 11.4 Å². The van der Waals surface area contributed by atoms with Gasteiger partial charge in [-0.05, 0) is 24.5 Å². The van der Waals surface area contributed by atoms with E-state index in [9.17, 15) is 22.8 Å². The van der Waals surface area contributed by atoms with Crippen molar-refractivity contribution in [2.24, 2.45) is 0 Å². The van der Waals surface area contributed by atoms with E-state index in [0.717, 1.165) is 31.2 Å². The van der Waals surface area contributed by atoms with Crippen molar-refractivity contribution in [3.63, 3.8) is 0 Å². The number of benzene rings is 1. The van der Waals surface area contributed by atoms with Crippen molar-refractivity contribution < 1.29 is 27.3 Å². The normalized spacial score (nSPS) is 21.6. The highest BCUT2D eigenvalue weighted by Gasteiger charge is 2.40. The van der Waals surface area contributed by atoms with Gasteiger partial charge in [-0.3, -0.25) is 9.59 Å². The SMILES string of the molecule is CCC(=O)N[C@@H]1CCCCC1N1Cc2ccc(-c3noc(C(F)(F)F)n3)cc2C1=O. The standard InChI is InChI=1S/C20H21F3N4O3/c1-2-16(28)24-14-5-3-4-6-15(14)27-10-12-8-7-11(9-13(12)18(27)29)17-25-19(30-26-17)20(21,22)23/h7-9,14-15H,2-6,10H2,1H3,(H,24,28)/t14-,15?/m1/s1. The Labute approximate surface area is 170 Å². The second-order valence-corrected chi connectivity index (χ2v) is 7.61. The highest BCUT2D eigenvalue weighted by atomic mass is 19.4. The predicted octanol–water partition coefficient (Wildman–Crippen LogP) is 3.55.